The first kappa shape index (κ1) is 35.0. The molecule has 1 fully saturated rings. The fourth-order valence-corrected chi connectivity index (χ4v) is 5.91. The maximum atomic E-state index is 13.6. The minimum absolute atomic E-state index is 0.0408. The van der Waals surface area contributed by atoms with Gasteiger partial charge in [-0.05, 0) is 62.6 Å². The van der Waals surface area contributed by atoms with Gasteiger partial charge in [-0.25, -0.2) is 9.18 Å². The molecule has 2 rings (SSSR count). The molecule has 1 aliphatic carbocycles. The van der Waals surface area contributed by atoms with E-state index in [1.165, 1.54) is 36.0 Å². The molecule has 0 spiro atoms. The first-order chi connectivity index (χ1) is 20.0. The number of rotatable bonds is 17. The number of Topliss-reactive ketones (excluding diaryl/α,β-unsaturated/α-hetero) is 1. The smallest absolute Gasteiger partial charge is 0.330 e. The number of esters is 1. The summed E-state index contributed by atoms with van der Waals surface area (Å²) in [7, 11) is 0. The van der Waals surface area contributed by atoms with Crippen LogP contribution in [-0.2, 0) is 30.3 Å². The number of ketones is 1. The van der Waals surface area contributed by atoms with E-state index in [-0.39, 0.29) is 54.5 Å². The zero-order chi connectivity index (χ0) is 31.1. The minimum atomic E-state index is -0.857. The molecule has 0 radical (unpaired) electrons. The van der Waals surface area contributed by atoms with E-state index in [1.807, 2.05) is 13.8 Å². The Morgan fingerprint density at radius 2 is 1.76 bits per heavy atom. The molecular formula is C31H44FN3O6S. The molecule has 0 heterocycles. The zero-order valence-electron chi connectivity index (χ0n) is 24.7. The number of benzene rings is 1. The van der Waals surface area contributed by atoms with Gasteiger partial charge in [-0.3, -0.25) is 19.2 Å². The molecule has 0 aromatic heterocycles. The molecule has 3 unspecified atom stereocenters. The summed E-state index contributed by atoms with van der Waals surface area (Å²) in [4.78, 5) is 63.2. The van der Waals surface area contributed by atoms with Crippen molar-refractivity contribution in [2.75, 3.05) is 6.61 Å². The second-order valence-corrected chi connectivity index (χ2v) is 12.3. The van der Waals surface area contributed by atoms with Crippen LogP contribution in [0.15, 0.2) is 36.4 Å². The van der Waals surface area contributed by atoms with Gasteiger partial charge in [-0.1, -0.05) is 56.7 Å². The lowest BCUT2D eigenvalue weighted by Crippen LogP contribution is -2.44. The fourth-order valence-electron chi connectivity index (χ4n) is 4.82. The lowest BCUT2D eigenvalue weighted by molar-refractivity contribution is -0.137. The summed E-state index contributed by atoms with van der Waals surface area (Å²) in [5.41, 5.74) is 5.95. The average molecular weight is 606 g/mol. The third-order valence-electron chi connectivity index (χ3n) is 6.96. The summed E-state index contributed by atoms with van der Waals surface area (Å²) in [6, 6.07) is 4.18. The number of hydrogen-bond acceptors (Lipinski definition) is 7. The number of halogens is 1. The van der Waals surface area contributed by atoms with Crippen molar-refractivity contribution < 1.29 is 33.1 Å². The van der Waals surface area contributed by atoms with Crippen molar-refractivity contribution in [2.24, 2.45) is 17.6 Å². The van der Waals surface area contributed by atoms with Crippen LogP contribution < -0.4 is 16.4 Å². The molecule has 9 nitrogen and oxygen atoms in total. The van der Waals surface area contributed by atoms with Crippen LogP contribution in [0, 0.1) is 17.7 Å². The van der Waals surface area contributed by atoms with Gasteiger partial charge in [0.2, 0.25) is 11.8 Å². The Kier molecular flexibility index (Phi) is 15.3. The van der Waals surface area contributed by atoms with E-state index in [1.54, 1.807) is 19.1 Å². The molecule has 42 heavy (non-hydrogen) atoms. The Labute approximate surface area is 252 Å². The number of nitrogens with one attached hydrogen (secondary N) is 2. The van der Waals surface area contributed by atoms with Crippen molar-refractivity contribution in [3.63, 3.8) is 0 Å². The molecule has 4 N–H and O–H groups in total. The maximum absolute atomic E-state index is 13.6. The Bertz CT molecular complexity index is 1090. The van der Waals surface area contributed by atoms with E-state index in [4.69, 9.17) is 10.5 Å². The average Bonchev–Trinajstić information content (AvgIpc) is 3.43. The van der Waals surface area contributed by atoms with Crippen LogP contribution in [0.25, 0.3) is 0 Å². The monoisotopic (exact) mass is 605 g/mol. The summed E-state index contributed by atoms with van der Waals surface area (Å²) >= 11 is 1.24. The lowest BCUT2D eigenvalue weighted by atomic mass is 9.89. The predicted octanol–water partition coefficient (Wildman–Crippen LogP) is 4.61. The summed E-state index contributed by atoms with van der Waals surface area (Å²) in [6.07, 6.45) is 7.22. The van der Waals surface area contributed by atoms with E-state index >= 15 is 0 Å². The Morgan fingerprint density at radius 3 is 2.36 bits per heavy atom. The number of hydrogen-bond donors (Lipinski definition) is 3. The molecule has 232 valence electrons. The molecule has 0 saturated heterocycles. The van der Waals surface area contributed by atoms with Crippen molar-refractivity contribution in [1.29, 1.82) is 0 Å². The third-order valence-corrected chi connectivity index (χ3v) is 8.09. The minimum Gasteiger partial charge on any atom is -0.463 e. The third kappa shape index (κ3) is 13.6. The number of thioether (sulfide) groups is 1. The van der Waals surface area contributed by atoms with Crippen LogP contribution in [0.4, 0.5) is 9.18 Å². The van der Waals surface area contributed by atoms with Gasteiger partial charge in [0, 0.05) is 36.1 Å². The van der Waals surface area contributed by atoms with Gasteiger partial charge in [-0.2, -0.15) is 0 Å². The van der Waals surface area contributed by atoms with E-state index in [0.29, 0.717) is 12.0 Å². The van der Waals surface area contributed by atoms with Crippen molar-refractivity contribution >= 4 is 40.6 Å². The number of carbonyl (C=O) groups is 5. The van der Waals surface area contributed by atoms with Gasteiger partial charge < -0.3 is 21.1 Å². The van der Waals surface area contributed by atoms with Crippen LogP contribution in [0.5, 0.6) is 0 Å². The van der Waals surface area contributed by atoms with Crippen LogP contribution in [0.3, 0.4) is 0 Å². The van der Waals surface area contributed by atoms with Crippen molar-refractivity contribution in [3.05, 3.63) is 47.8 Å². The quantitative estimate of drug-likeness (QED) is 0.174. The zero-order valence-corrected chi connectivity index (χ0v) is 25.6. The van der Waals surface area contributed by atoms with Crippen LogP contribution in [-0.4, -0.2) is 52.7 Å². The number of nitrogens with two attached hydrogens (primary N) is 1. The number of ether oxygens (including phenoxy) is 1. The fraction of sp³-hybridized carbons (Fsp3) is 0.581. The van der Waals surface area contributed by atoms with Gasteiger partial charge in [0.15, 0.2) is 5.78 Å². The van der Waals surface area contributed by atoms with Gasteiger partial charge in [0.1, 0.15) is 5.82 Å². The summed E-state index contributed by atoms with van der Waals surface area (Å²) in [6.45, 7) is 5.76. The standard InChI is InChI=1S/C31H44FN3O6S/c1-4-41-29(38)16-14-24(13-15-28(33)37)34-30(39)22(18-21-9-11-23(32)12-10-21)19-27(36)26(17-20(2)3)35-31(40)42-25-7-5-6-8-25/h9-12,14,16,20,22,24-26H,4-8,13,15,17-19H2,1-3H3,(H2,33,37)(H,34,39)(H,35,40). The molecule has 1 saturated carbocycles. The van der Waals surface area contributed by atoms with Gasteiger partial charge in [0.05, 0.1) is 12.6 Å². The van der Waals surface area contributed by atoms with E-state index in [0.717, 1.165) is 25.7 Å². The number of carbonyl (C=O) groups excluding carboxylic acids is 5. The van der Waals surface area contributed by atoms with Crippen molar-refractivity contribution in [1.82, 2.24) is 10.6 Å². The molecule has 1 aliphatic rings. The van der Waals surface area contributed by atoms with Gasteiger partial charge >= 0.3 is 5.97 Å². The number of primary amides is 1. The summed E-state index contributed by atoms with van der Waals surface area (Å²) in [5, 5.41) is 5.71. The lowest BCUT2D eigenvalue weighted by Gasteiger charge is -2.24. The Morgan fingerprint density at radius 1 is 1.10 bits per heavy atom. The first-order valence-electron chi connectivity index (χ1n) is 14.6. The highest BCUT2D eigenvalue weighted by Gasteiger charge is 2.30. The SMILES string of the molecule is CCOC(=O)C=CC(CCC(N)=O)NC(=O)C(CC(=O)C(CC(C)C)NC(=O)SC1CCCC1)Cc1ccc(F)cc1. The van der Waals surface area contributed by atoms with Crippen molar-refractivity contribution in [2.45, 2.75) is 95.9 Å². The van der Waals surface area contributed by atoms with Crippen LogP contribution in [0.1, 0.15) is 77.7 Å². The topological polar surface area (TPSA) is 145 Å². The second-order valence-electron chi connectivity index (χ2n) is 11.1. The number of amides is 3. The normalized spacial score (nSPS) is 15.7. The van der Waals surface area contributed by atoms with Crippen molar-refractivity contribution in [3.8, 4) is 0 Å². The summed E-state index contributed by atoms with van der Waals surface area (Å²) < 4.78 is 18.5. The first-order valence-corrected chi connectivity index (χ1v) is 15.5. The largest absolute Gasteiger partial charge is 0.463 e. The molecule has 0 bridgehead atoms. The second kappa shape index (κ2) is 18.4. The van der Waals surface area contributed by atoms with Gasteiger partial charge in [0.25, 0.3) is 5.24 Å². The highest BCUT2D eigenvalue weighted by atomic mass is 32.2. The maximum Gasteiger partial charge on any atom is 0.330 e. The van der Waals surface area contributed by atoms with Crippen LogP contribution >= 0.6 is 11.8 Å². The van der Waals surface area contributed by atoms with E-state index < -0.39 is 41.6 Å². The van der Waals surface area contributed by atoms with Crippen LogP contribution in [0.2, 0.25) is 0 Å². The molecule has 3 amide bonds. The van der Waals surface area contributed by atoms with E-state index in [2.05, 4.69) is 10.6 Å². The molecule has 0 aliphatic heterocycles. The highest BCUT2D eigenvalue weighted by molar-refractivity contribution is 8.14. The predicted molar refractivity (Wildman–Crippen MR) is 161 cm³/mol. The van der Waals surface area contributed by atoms with Gasteiger partial charge in [-0.15, -0.1) is 0 Å². The highest BCUT2D eigenvalue weighted by Crippen LogP contribution is 2.30. The summed E-state index contributed by atoms with van der Waals surface area (Å²) in [5.74, 6) is -3.09. The Hall–Kier alpha value is -3.21. The molecule has 3 atom stereocenters. The molecule has 1 aromatic rings. The Balaban J connectivity index is 2.23. The molecule has 11 heteroatoms. The molecular weight excluding hydrogens is 561 g/mol. The van der Waals surface area contributed by atoms with E-state index in [9.17, 15) is 28.4 Å². The molecule has 1 aromatic carbocycles.